The van der Waals surface area contributed by atoms with Gasteiger partial charge >= 0.3 is 0 Å². The zero-order valence-corrected chi connectivity index (χ0v) is 13.5. The van der Waals surface area contributed by atoms with E-state index in [1.54, 1.807) is 0 Å². The Labute approximate surface area is 127 Å². The molecule has 1 unspecified atom stereocenters. The number of nitrogens with zero attached hydrogens (tertiary/aromatic N) is 3. The van der Waals surface area contributed by atoms with Crippen LogP contribution in [0.2, 0.25) is 0 Å². The molecule has 0 radical (unpaired) electrons. The van der Waals surface area contributed by atoms with Crippen molar-refractivity contribution in [3.63, 3.8) is 0 Å². The topological polar surface area (TPSA) is 32.6 Å². The third-order valence-electron chi connectivity index (χ3n) is 4.41. The molecule has 1 aliphatic heterocycles. The number of pyridine rings is 1. The van der Waals surface area contributed by atoms with E-state index in [0.717, 1.165) is 31.0 Å². The van der Waals surface area contributed by atoms with Gasteiger partial charge in [0.25, 0.3) is 0 Å². The van der Waals surface area contributed by atoms with Gasteiger partial charge in [0, 0.05) is 43.6 Å². The zero-order chi connectivity index (χ0) is 15.0. The molecule has 114 valence electrons. The first-order valence-electron chi connectivity index (χ1n) is 7.86. The summed E-state index contributed by atoms with van der Waals surface area (Å²) in [4.78, 5) is 7.34. The fourth-order valence-electron chi connectivity index (χ4n) is 3.29. The molecule has 21 heavy (non-hydrogen) atoms. The summed E-state index contributed by atoms with van der Waals surface area (Å²) in [5, 5.41) is 3.66. The number of rotatable bonds is 3. The number of aromatic nitrogens is 2. The lowest BCUT2D eigenvalue weighted by Gasteiger charge is -2.46. The molecule has 4 heteroatoms. The van der Waals surface area contributed by atoms with E-state index in [0.29, 0.717) is 12.0 Å². The molecule has 0 aromatic carbocycles. The van der Waals surface area contributed by atoms with E-state index >= 15 is 0 Å². The molecule has 2 aromatic heterocycles. The van der Waals surface area contributed by atoms with Crippen LogP contribution in [0.15, 0.2) is 30.6 Å². The Morgan fingerprint density at radius 2 is 2.19 bits per heavy atom. The van der Waals surface area contributed by atoms with Crippen LogP contribution in [-0.2, 0) is 6.54 Å². The molecular weight excluding hydrogens is 260 g/mol. The quantitative estimate of drug-likeness (QED) is 0.941. The van der Waals surface area contributed by atoms with Gasteiger partial charge in [-0.3, -0.25) is 4.90 Å². The zero-order valence-electron chi connectivity index (χ0n) is 13.5. The van der Waals surface area contributed by atoms with Gasteiger partial charge < -0.3 is 9.72 Å². The Balaban J connectivity index is 1.82. The van der Waals surface area contributed by atoms with E-state index in [4.69, 9.17) is 4.98 Å². The molecule has 0 saturated carbocycles. The van der Waals surface area contributed by atoms with Crippen molar-refractivity contribution < 1.29 is 0 Å². The lowest BCUT2D eigenvalue weighted by molar-refractivity contribution is 0.0618. The second-order valence-electron chi connectivity index (χ2n) is 7.18. The molecule has 0 amide bonds. The smallest absolute Gasteiger partial charge is 0.137 e. The fraction of sp³-hybridized carbons (Fsp3) is 0.588. The SMILES string of the molecule is CC(C)C1CNC(C)(C)CN1Cc1cn2ccccc2n1. The highest BCUT2D eigenvalue weighted by Crippen LogP contribution is 2.22. The molecule has 3 rings (SSSR count). The van der Waals surface area contributed by atoms with Crippen molar-refractivity contribution in [2.24, 2.45) is 5.92 Å². The van der Waals surface area contributed by atoms with E-state index in [1.165, 1.54) is 0 Å². The highest BCUT2D eigenvalue weighted by Gasteiger charge is 2.34. The van der Waals surface area contributed by atoms with Crippen LogP contribution in [0.5, 0.6) is 0 Å². The van der Waals surface area contributed by atoms with E-state index < -0.39 is 0 Å². The first-order valence-corrected chi connectivity index (χ1v) is 7.86. The minimum atomic E-state index is 0.171. The molecule has 1 fully saturated rings. The Hall–Kier alpha value is -1.39. The van der Waals surface area contributed by atoms with Gasteiger partial charge in [-0.15, -0.1) is 0 Å². The minimum Gasteiger partial charge on any atom is -0.309 e. The molecule has 2 aromatic rings. The number of piperazine rings is 1. The predicted octanol–water partition coefficient (Wildman–Crippen LogP) is 2.54. The molecule has 1 N–H and O–H groups in total. The Morgan fingerprint density at radius 3 is 2.90 bits per heavy atom. The van der Waals surface area contributed by atoms with Crippen LogP contribution in [0.1, 0.15) is 33.4 Å². The molecule has 3 heterocycles. The number of hydrogen-bond acceptors (Lipinski definition) is 3. The van der Waals surface area contributed by atoms with Crippen molar-refractivity contribution in [3.8, 4) is 0 Å². The van der Waals surface area contributed by atoms with Crippen LogP contribution in [0.4, 0.5) is 0 Å². The maximum atomic E-state index is 4.75. The van der Waals surface area contributed by atoms with Crippen LogP contribution in [-0.4, -0.2) is 39.0 Å². The van der Waals surface area contributed by atoms with E-state index in [-0.39, 0.29) is 5.54 Å². The Morgan fingerprint density at radius 1 is 1.38 bits per heavy atom. The van der Waals surface area contributed by atoms with Crippen molar-refractivity contribution >= 4 is 5.65 Å². The third kappa shape index (κ3) is 3.11. The maximum Gasteiger partial charge on any atom is 0.137 e. The van der Waals surface area contributed by atoms with Gasteiger partial charge in [0.1, 0.15) is 5.65 Å². The number of hydrogen-bond donors (Lipinski definition) is 1. The standard InChI is InChI=1S/C17H26N4/c1-13(2)15-9-18-17(3,4)12-21(15)11-14-10-20-8-6-5-7-16(20)19-14/h5-8,10,13,15,18H,9,11-12H2,1-4H3. The Kier molecular flexibility index (Phi) is 3.76. The summed E-state index contributed by atoms with van der Waals surface area (Å²) in [5.41, 5.74) is 2.36. The molecule has 1 atom stereocenters. The summed E-state index contributed by atoms with van der Waals surface area (Å²) in [5.74, 6) is 0.644. The summed E-state index contributed by atoms with van der Waals surface area (Å²) in [7, 11) is 0. The number of fused-ring (bicyclic) bond motifs is 1. The van der Waals surface area contributed by atoms with Crippen LogP contribution in [0, 0.1) is 5.92 Å². The molecule has 0 spiro atoms. The van der Waals surface area contributed by atoms with Gasteiger partial charge in [-0.2, -0.15) is 0 Å². The number of nitrogens with one attached hydrogen (secondary N) is 1. The van der Waals surface area contributed by atoms with Gasteiger partial charge in [0.2, 0.25) is 0 Å². The molecular formula is C17H26N4. The first-order chi connectivity index (χ1) is 9.94. The average Bonchev–Trinajstić information content (AvgIpc) is 2.79. The van der Waals surface area contributed by atoms with Gasteiger partial charge in [0.05, 0.1) is 5.69 Å². The largest absolute Gasteiger partial charge is 0.309 e. The van der Waals surface area contributed by atoms with E-state index in [2.05, 4.69) is 60.8 Å². The van der Waals surface area contributed by atoms with Crippen LogP contribution in [0.3, 0.4) is 0 Å². The van der Waals surface area contributed by atoms with Crippen molar-refractivity contribution in [1.82, 2.24) is 19.6 Å². The van der Waals surface area contributed by atoms with Crippen molar-refractivity contribution in [1.29, 1.82) is 0 Å². The predicted molar refractivity (Wildman–Crippen MR) is 86.3 cm³/mol. The second-order valence-corrected chi connectivity index (χ2v) is 7.18. The maximum absolute atomic E-state index is 4.75. The highest BCUT2D eigenvalue weighted by molar-refractivity contribution is 5.39. The fourth-order valence-corrected chi connectivity index (χ4v) is 3.29. The first kappa shape index (κ1) is 14.5. The summed E-state index contributed by atoms with van der Waals surface area (Å²) in [6, 6.07) is 6.72. The molecule has 4 nitrogen and oxygen atoms in total. The van der Waals surface area contributed by atoms with Crippen molar-refractivity contribution in [2.45, 2.75) is 45.8 Å². The van der Waals surface area contributed by atoms with E-state index in [1.807, 2.05) is 12.1 Å². The van der Waals surface area contributed by atoms with Gasteiger partial charge in [-0.25, -0.2) is 4.98 Å². The van der Waals surface area contributed by atoms with Crippen LogP contribution >= 0.6 is 0 Å². The molecule has 0 aliphatic carbocycles. The Bertz CT molecular complexity index is 581. The van der Waals surface area contributed by atoms with Crippen LogP contribution < -0.4 is 5.32 Å². The third-order valence-corrected chi connectivity index (χ3v) is 4.41. The summed E-state index contributed by atoms with van der Waals surface area (Å²) < 4.78 is 2.10. The second kappa shape index (κ2) is 5.43. The van der Waals surface area contributed by atoms with Crippen LogP contribution in [0.25, 0.3) is 5.65 Å². The summed E-state index contributed by atoms with van der Waals surface area (Å²) in [6.07, 6.45) is 4.22. The van der Waals surface area contributed by atoms with Crippen molar-refractivity contribution in [3.05, 3.63) is 36.3 Å². The average molecular weight is 286 g/mol. The minimum absolute atomic E-state index is 0.171. The van der Waals surface area contributed by atoms with E-state index in [9.17, 15) is 0 Å². The van der Waals surface area contributed by atoms with Crippen molar-refractivity contribution in [2.75, 3.05) is 13.1 Å². The summed E-state index contributed by atoms with van der Waals surface area (Å²) in [6.45, 7) is 12.2. The lowest BCUT2D eigenvalue weighted by Crippen LogP contribution is -2.62. The molecule has 1 saturated heterocycles. The molecule has 0 bridgehead atoms. The molecule has 1 aliphatic rings. The van der Waals surface area contributed by atoms with Gasteiger partial charge in [0.15, 0.2) is 0 Å². The van der Waals surface area contributed by atoms with Gasteiger partial charge in [-0.1, -0.05) is 19.9 Å². The highest BCUT2D eigenvalue weighted by atomic mass is 15.3. The van der Waals surface area contributed by atoms with Gasteiger partial charge in [-0.05, 0) is 31.9 Å². The lowest BCUT2D eigenvalue weighted by atomic mass is 9.93. The summed E-state index contributed by atoms with van der Waals surface area (Å²) >= 11 is 0. The monoisotopic (exact) mass is 286 g/mol. The normalized spacial score (nSPS) is 23.0. The number of imidazole rings is 1.